The number of carboxylic acid groups (broad SMARTS) is 2. The Morgan fingerprint density at radius 3 is 1.88 bits per heavy atom. The topological polar surface area (TPSA) is 110 Å². The quantitative estimate of drug-likeness (QED) is 0.834. The first-order valence-corrected chi connectivity index (χ1v) is 7.47. The fourth-order valence-corrected chi connectivity index (χ4v) is 1.99. The lowest BCUT2D eigenvalue weighted by molar-refractivity contribution is 0.0683. The summed E-state index contributed by atoms with van der Waals surface area (Å²) in [5.74, 6) is -2.26. The standard InChI is InChI=1S/C9H11NO3.C8H8FNO2.CH4/c1-3-8-7(9(11)12)4-6(13-2)5-10-8;1-2-7-6(8(11)12)3-5(9)4-10-7;/h4-5H,3H2,1-2H3,(H,11,12);3-4H,2H2,1H3,(H,11,12);1H4. The molecule has 0 spiro atoms. The maximum Gasteiger partial charge on any atom is 0.337 e. The van der Waals surface area contributed by atoms with Gasteiger partial charge < -0.3 is 14.9 Å². The molecule has 0 aromatic carbocycles. The number of hydrogen-bond donors (Lipinski definition) is 2. The predicted octanol–water partition coefficient (Wildman–Crippen LogP) is 3.47. The van der Waals surface area contributed by atoms with Crippen LogP contribution in [0.4, 0.5) is 4.39 Å². The third-order valence-electron chi connectivity index (χ3n) is 3.25. The smallest absolute Gasteiger partial charge is 0.337 e. The van der Waals surface area contributed by atoms with Gasteiger partial charge in [0.2, 0.25) is 0 Å². The number of carboxylic acids is 2. The number of aryl methyl sites for hydroxylation is 2. The molecule has 0 unspecified atom stereocenters. The first-order valence-electron chi connectivity index (χ1n) is 7.47. The molecule has 0 aliphatic carbocycles. The van der Waals surface area contributed by atoms with Crippen LogP contribution in [0.1, 0.15) is 53.4 Å². The van der Waals surface area contributed by atoms with Crippen LogP contribution in [-0.2, 0) is 12.8 Å². The Bertz CT molecular complexity index is 765. The number of rotatable bonds is 5. The average molecular weight is 366 g/mol. The molecule has 2 rings (SSSR count). The summed E-state index contributed by atoms with van der Waals surface area (Å²) in [5.41, 5.74) is 1.14. The maximum absolute atomic E-state index is 12.5. The number of nitrogens with zero attached hydrogens (tertiary/aromatic N) is 2. The molecule has 0 fully saturated rings. The van der Waals surface area contributed by atoms with Gasteiger partial charge in [0, 0.05) is 0 Å². The van der Waals surface area contributed by atoms with Gasteiger partial charge in [-0.3, -0.25) is 9.97 Å². The number of pyridine rings is 2. The van der Waals surface area contributed by atoms with Crippen molar-refractivity contribution >= 4 is 11.9 Å². The molecule has 7 nitrogen and oxygen atoms in total. The second kappa shape index (κ2) is 10.8. The van der Waals surface area contributed by atoms with Crippen molar-refractivity contribution in [2.24, 2.45) is 0 Å². The second-order valence-corrected chi connectivity index (χ2v) is 4.83. The van der Waals surface area contributed by atoms with E-state index in [1.807, 2.05) is 6.92 Å². The van der Waals surface area contributed by atoms with Crippen molar-refractivity contribution in [2.45, 2.75) is 34.1 Å². The summed E-state index contributed by atoms with van der Waals surface area (Å²) in [5, 5.41) is 17.4. The number of methoxy groups -OCH3 is 1. The number of ether oxygens (including phenoxy) is 1. The molecular weight excluding hydrogens is 343 g/mol. The molecule has 0 saturated carbocycles. The van der Waals surface area contributed by atoms with Crippen molar-refractivity contribution < 1.29 is 28.9 Å². The predicted molar refractivity (Wildman–Crippen MR) is 94.4 cm³/mol. The molecule has 2 N–H and O–H groups in total. The van der Waals surface area contributed by atoms with Crippen LogP contribution in [-0.4, -0.2) is 39.2 Å². The van der Waals surface area contributed by atoms with Gasteiger partial charge in [-0.15, -0.1) is 0 Å². The van der Waals surface area contributed by atoms with Gasteiger partial charge in [0.05, 0.1) is 42.0 Å². The van der Waals surface area contributed by atoms with Gasteiger partial charge in [-0.2, -0.15) is 0 Å². The molecule has 2 aromatic heterocycles. The van der Waals surface area contributed by atoms with Crippen molar-refractivity contribution in [3.63, 3.8) is 0 Å². The molecule has 8 heteroatoms. The van der Waals surface area contributed by atoms with Gasteiger partial charge in [-0.25, -0.2) is 14.0 Å². The monoisotopic (exact) mass is 366 g/mol. The SMILES string of the molecule is C.CCc1ncc(F)cc1C(=O)O.CCc1ncc(OC)cc1C(=O)O. The Kier molecular flexibility index (Phi) is 9.50. The van der Waals surface area contributed by atoms with E-state index in [1.165, 1.54) is 19.4 Å². The number of halogens is 1. The van der Waals surface area contributed by atoms with Crippen LogP contribution in [0.5, 0.6) is 5.75 Å². The zero-order valence-corrected chi connectivity index (χ0v) is 14.1. The first kappa shape index (κ1) is 23.0. The van der Waals surface area contributed by atoms with Crippen molar-refractivity contribution in [1.29, 1.82) is 0 Å². The molecule has 2 aromatic rings. The zero-order valence-electron chi connectivity index (χ0n) is 14.1. The van der Waals surface area contributed by atoms with Gasteiger partial charge in [-0.1, -0.05) is 21.3 Å². The highest BCUT2D eigenvalue weighted by Crippen LogP contribution is 2.15. The Balaban J connectivity index is 0.000000464. The number of aromatic nitrogens is 2. The molecule has 142 valence electrons. The van der Waals surface area contributed by atoms with E-state index in [2.05, 4.69) is 9.97 Å². The Hall–Kier alpha value is -3.03. The molecule has 2 heterocycles. The molecule has 0 atom stereocenters. The van der Waals surface area contributed by atoms with E-state index in [0.29, 0.717) is 30.0 Å². The molecule has 0 aliphatic rings. The summed E-state index contributed by atoms with van der Waals surface area (Å²) < 4.78 is 17.4. The Labute approximate surface area is 151 Å². The lowest BCUT2D eigenvalue weighted by Gasteiger charge is -2.04. The zero-order chi connectivity index (χ0) is 19.0. The highest BCUT2D eigenvalue weighted by Gasteiger charge is 2.11. The fourth-order valence-electron chi connectivity index (χ4n) is 1.99. The van der Waals surface area contributed by atoms with Gasteiger partial charge in [0.15, 0.2) is 0 Å². The summed E-state index contributed by atoms with van der Waals surface area (Å²) in [4.78, 5) is 28.9. The highest BCUT2D eigenvalue weighted by atomic mass is 19.1. The summed E-state index contributed by atoms with van der Waals surface area (Å²) in [6, 6.07) is 2.46. The van der Waals surface area contributed by atoms with E-state index in [4.69, 9.17) is 14.9 Å². The first-order chi connectivity index (χ1) is 11.8. The van der Waals surface area contributed by atoms with Crippen LogP contribution < -0.4 is 4.74 Å². The minimum atomic E-state index is -1.14. The van der Waals surface area contributed by atoms with Crippen LogP contribution in [0.3, 0.4) is 0 Å². The summed E-state index contributed by atoms with van der Waals surface area (Å²) in [6.07, 6.45) is 3.63. The molecular formula is C18H23FN2O5. The van der Waals surface area contributed by atoms with Crippen LogP contribution in [0.25, 0.3) is 0 Å². The molecule has 0 amide bonds. The van der Waals surface area contributed by atoms with Crippen LogP contribution >= 0.6 is 0 Å². The van der Waals surface area contributed by atoms with Crippen molar-refractivity contribution in [3.8, 4) is 5.75 Å². The molecule has 0 saturated heterocycles. The fraction of sp³-hybridized carbons (Fsp3) is 0.333. The molecule has 26 heavy (non-hydrogen) atoms. The van der Waals surface area contributed by atoms with Crippen molar-refractivity contribution in [1.82, 2.24) is 9.97 Å². The van der Waals surface area contributed by atoms with Crippen LogP contribution in [0, 0.1) is 5.82 Å². The van der Waals surface area contributed by atoms with E-state index in [0.717, 1.165) is 12.3 Å². The normalized spacial score (nSPS) is 9.38. The molecule has 0 aliphatic heterocycles. The van der Waals surface area contributed by atoms with E-state index < -0.39 is 17.8 Å². The summed E-state index contributed by atoms with van der Waals surface area (Å²) in [6.45, 7) is 3.63. The minimum Gasteiger partial charge on any atom is -0.495 e. The Morgan fingerprint density at radius 2 is 1.46 bits per heavy atom. The summed E-state index contributed by atoms with van der Waals surface area (Å²) >= 11 is 0. The third-order valence-corrected chi connectivity index (χ3v) is 3.25. The van der Waals surface area contributed by atoms with Crippen LogP contribution in [0.2, 0.25) is 0 Å². The van der Waals surface area contributed by atoms with E-state index in [-0.39, 0.29) is 18.6 Å². The average Bonchev–Trinajstić information content (AvgIpc) is 2.61. The summed E-state index contributed by atoms with van der Waals surface area (Å²) in [7, 11) is 1.48. The maximum atomic E-state index is 12.5. The van der Waals surface area contributed by atoms with E-state index in [9.17, 15) is 14.0 Å². The van der Waals surface area contributed by atoms with Gasteiger partial charge in [0.1, 0.15) is 11.6 Å². The van der Waals surface area contributed by atoms with E-state index in [1.54, 1.807) is 6.92 Å². The van der Waals surface area contributed by atoms with E-state index >= 15 is 0 Å². The minimum absolute atomic E-state index is 0. The number of carbonyl (C=O) groups is 2. The number of hydrogen-bond acceptors (Lipinski definition) is 5. The second-order valence-electron chi connectivity index (χ2n) is 4.83. The number of aromatic carboxylic acids is 2. The highest BCUT2D eigenvalue weighted by molar-refractivity contribution is 5.89. The van der Waals surface area contributed by atoms with Gasteiger partial charge in [-0.05, 0) is 25.0 Å². The Morgan fingerprint density at radius 1 is 1.00 bits per heavy atom. The molecule has 0 bridgehead atoms. The van der Waals surface area contributed by atoms with Gasteiger partial charge >= 0.3 is 11.9 Å². The lowest BCUT2D eigenvalue weighted by Crippen LogP contribution is -2.04. The van der Waals surface area contributed by atoms with Crippen molar-refractivity contribution in [3.05, 3.63) is 52.9 Å². The van der Waals surface area contributed by atoms with Crippen molar-refractivity contribution in [2.75, 3.05) is 7.11 Å². The van der Waals surface area contributed by atoms with Crippen LogP contribution in [0.15, 0.2) is 24.5 Å². The molecule has 0 radical (unpaired) electrons. The largest absolute Gasteiger partial charge is 0.495 e. The lowest BCUT2D eigenvalue weighted by atomic mass is 10.1. The third kappa shape index (κ3) is 6.12. The van der Waals surface area contributed by atoms with Gasteiger partial charge in [0.25, 0.3) is 0 Å².